The first-order valence-corrected chi connectivity index (χ1v) is 6.63. The molecular weight excluding hydrogens is 194 g/mol. The van der Waals surface area contributed by atoms with E-state index in [1.807, 2.05) is 0 Å². The van der Waals surface area contributed by atoms with E-state index in [4.69, 9.17) is 5.73 Å². The van der Waals surface area contributed by atoms with Crippen LogP contribution >= 0.6 is 0 Å². The van der Waals surface area contributed by atoms with Gasteiger partial charge in [0.25, 0.3) is 0 Å². The van der Waals surface area contributed by atoms with Crippen LogP contribution < -0.4 is 5.73 Å². The first kappa shape index (κ1) is 11.7. The van der Waals surface area contributed by atoms with Crippen molar-refractivity contribution in [3.8, 4) is 0 Å². The molecule has 0 heterocycles. The molecule has 0 spiro atoms. The second-order valence-electron chi connectivity index (χ2n) is 5.12. The highest BCUT2D eigenvalue weighted by Gasteiger charge is 2.31. The number of benzene rings is 1. The summed E-state index contributed by atoms with van der Waals surface area (Å²) in [7, 11) is 0. The predicted molar refractivity (Wildman–Crippen MR) is 69.4 cm³/mol. The lowest BCUT2D eigenvalue weighted by atomic mass is 9.74. The maximum atomic E-state index is 6.61. The molecule has 1 atom stereocenters. The van der Waals surface area contributed by atoms with Gasteiger partial charge in [-0.3, -0.25) is 0 Å². The summed E-state index contributed by atoms with van der Waals surface area (Å²) in [5.74, 6) is 0. The molecule has 16 heavy (non-hydrogen) atoms. The Kier molecular flexibility index (Phi) is 3.65. The summed E-state index contributed by atoms with van der Waals surface area (Å²) in [5, 5.41) is 0. The Bertz CT molecular complexity index is 345. The molecule has 1 aromatic rings. The van der Waals surface area contributed by atoms with Gasteiger partial charge in [0, 0.05) is 5.54 Å². The van der Waals surface area contributed by atoms with Gasteiger partial charge in [-0.05, 0) is 36.8 Å². The summed E-state index contributed by atoms with van der Waals surface area (Å²) in [6.07, 6.45) is 8.62. The molecule has 0 fully saturated rings. The van der Waals surface area contributed by atoms with Crippen molar-refractivity contribution in [2.24, 2.45) is 5.73 Å². The maximum absolute atomic E-state index is 6.61. The normalized spacial score (nSPS) is 24.1. The standard InChI is InChI=1S/C15H23N/c1-2-3-6-11-15(16)12-7-9-13-8-4-5-10-14(13)15/h4-5,8,10H,2-3,6-7,9,11-12,16H2,1H3. The van der Waals surface area contributed by atoms with Crippen LogP contribution in [0.15, 0.2) is 24.3 Å². The Balaban J connectivity index is 2.16. The molecule has 1 aromatic carbocycles. The zero-order valence-corrected chi connectivity index (χ0v) is 10.3. The van der Waals surface area contributed by atoms with Crippen molar-refractivity contribution in [2.45, 2.75) is 57.4 Å². The zero-order chi connectivity index (χ0) is 11.4. The molecule has 1 unspecified atom stereocenters. The van der Waals surface area contributed by atoms with Crippen molar-refractivity contribution in [3.63, 3.8) is 0 Å². The van der Waals surface area contributed by atoms with Gasteiger partial charge in [0.05, 0.1) is 0 Å². The molecule has 0 amide bonds. The van der Waals surface area contributed by atoms with Crippen molar-refractivity contribution in [1.82, 2.24) is 0 Å². The summed E-state index contributed by atoms with van der Waals surface area (Å²) in [6, 6.07) is 8.75. The largest absolute Gasteiger partial charge is 0.321 e. The second-order valence-corrected chi connectivity index (χ2v) is 5.12. The first-order valence-electron chi connectivity index (χ1n) is 6.63. The van der Waals surface area contributed by atoms with E-state index in [1.54, 1.807) is 0 Å². The number of aryl methyl sites for hydroxylation is 1. The lowest BCUT2D eigenvalue weighted by Gasteiger charge is -2.36. The zero-order valence-electron chi connectivity index (χ0n) is 10.3. The molecule has 1 heteroatoms. The van der Waals surface area contributed by atoms with Gasteiger partial charge in [-0.1, -0.05) is 50.5 Å². The van der Waals surface area contributed by atoms with Crippen molar-refractivity contribution in [1.29, 1.82) is 0 Å². The minimum atomic E-state index is -0.0377. The number of hydrogen-bond acceptors (Lipinski definition) is 1. The predicted octanol–water partition coefficient (Wildman–Crippen LogP) is 3.76. The van der Waals surface area contributed by atoms with E-state index < -0.39 is 0 Å². The number of nitrogens with two attached hydrogens (primary N) is 1. The SMILES string of the molecule is CCCCCC1(N)CCCc2ccccc21. The lowest BCUT2D eigenvalue weighted by Crippen LogP contribution is -2.40. The Labute approximate surface area is 99.0 Å². The Hall–Kier alpha value is -0.820. The van der Waals surface area contributed by atoms with Crippen LogP contribution in [0, 0.1) is 0 Å². The molecule has 1 nitrogen and oxygen atoms in total. The molecule has 2 N–H and O–H groups in total. The number of unbranched alkanes of at least 4 members (excludes halogenated alkanes) is 2. The molecule has 0 aromatic heterocycles. The smallest absolute Gasteiger partial charge is 0.0412 e. The molecule has 0 bridgehead atoms. The average Bonchev–Trinajstić information content (AvgIpc) is 2.30. The van der Waals surface area contributed by atoms with Crippen LogP contribution in [0.25, 0.3) is 0 Å². The summed E-state index contributed by atoms with van der Waals surface area (Å²) >= 11 is 0. The molecular formula is C15H23N. The highest BCUT2D eigenvalue weighted by Crippen LogP contribution is 2.36. The third kappa shape index (κ3) is 2.30. The van der Waals surface area contributed by atoms with Crippen LogP contribution in [-0.2, 0) is 12.0 Å². The summed E-state index contributed by atoms with van der Waals surface area (Å²) in [5.41, 5.74) is 9.47. The Morgan fingerprint density at radius 1 is 1.25 bits per heavy atom. The van der Waals surface area contributed by atoms with Crippen LogP contribution in [0.2, 0.25) is 0 Å². The molecule has 88 valence electrons. The van der Waals surface area contributed by atoms with Gasteiger partial charge in [0.1, 0.15) is 0 Å². The first-order chi connectivity index (χ1) is 7.76. The van der Waals surface area contributed by atoms with Gasteiger partial charge in [-0.2, -0.15) is 0 Å². The third-order valence-corrected chi connectivity index (χ3v) is 3.85. The Morgan fingerprint density at radius 3 is 2.88 bits per heavy atom. The van der Waals surface area contributed by atoms with Crippen LogP contribution in [0.4, 0.5) is 0 Å². The molecule has 0 saturated heterocycles. The fraction of sp³-hybridized carbons (Fsp3) is 0.600. The molecule has 0 aliphatic heterocycles. The van der Waals surface area contributed by atoms with Crippen molar-refractivity contribution in [2.75, 3.05) is 0 Å². The van der Waals surface area contributed by atoms with E-state index >= 15 is 0 Å². The number of fused-ring (bicyclic) bond motifs is 1. The van der Waals surface area contributed by atoms with Crippen LogP contribution in [0.1, 0.15) is 56.6 Å². The maximum Gasteiger partial charge on any atom is 0.0412 e. The minimum Gasteiger partial charge on any atom is -0.321 e. The molecule has 0 saturated carbocycles. The van der Waals surface area contributed by atoms with Crippen LogP contribution in [0.5, 0.6) is 0 Å². The fourth-order valence-electron chi connectivity index (χ4n) is 2.90. The van der Waals surface area contributed by atoms with Crippen LogP contribution in [-0.4, -0.2) is 0 Å². The lowest BCUT2D eigenvalue weighted by molar-refractivity contribution is 0.333. The van der Waals surface area contributed by atoms with Gasteiger partial charge >= 0.3 is 0 Å². The van der Waals surface area contributed by atoms with Gasteiger partial charge < -0.3 is 5.73 Å². The number of hydrogen-bond donors (Lipinski definition) is 1. The fourth-order valence-corrected chi connectivity index (χ4v) is 2.90. The van der Waals surface area contributed by atoms with Gasteiger partial charge in [0.15, 0.2) is 0 Å². The summed E-state index contributed by atoms with van der Waals surface area (Å²) in [6.45, 7) is 2.25. The van der Waals surface area contributed by atoms with E-state index in [2.05, 4.69) is 31.2 Å². The average molecular weight is 217 g/mol. The second kappa shape index (κ2) is 5.01. The molecule has 0 radical (unpaired) electrons. The van der Waals surface area contributed by atoms with Crippen molar-refractivity contribution >= 4 is 0 Å². The number of rotatable bonds is 4. The van der Waals surface area contributed by atoms with Gasteiger partial charge in [-0.25, -0.2) is 0 Å². The quantitative estimate of drug-likeness (QED) is 0.764. The molecule has 2 rings (SSSR count). The van der Waals surface area contributed by atoms with E-state index in [0.29, 0.717) is 0 Å². The summed E-state index contributed by atoms with van der Waals surface area (Å²) in [4.78, 5) is 0. The van der Waals surface area contributed by atoms with Gasteiger partial charge in [0.2, 0.25) is 0 Å². The van der Waals surface area contributed by atoms with E-state index in [1.165, 1.54) is 43.2 Å². The van der Waals surface area contributed by atoms with E-state index in [-0.39, 0.29) is 5.54 Å². The van der Waals surface area contributed by atoms with Gasteiger partial charge in [-0.15, -0.1) is 0 Å². The van der Waals surface area contributed by atoms with Crippen LogP contribution in [0.3, 0.4) is 0 Å². The molecule has 1 aliphatic carbocycles. The summed E-state index contributed by atoms with van der Waals surface area (Å²) < 4.78 is 0. The highest BCUT2D eigenvalue weighted by molar-refractivity contribution is 5.35. The highest BCUT2D eigenvalue weighted by atomic mass is 14.7. The van der Waals surface area contributed by atoms with Crippen molar-refractivity contribution in [3.05, 3.63) is 35.4 Å². The third-order valence-electron chi connectivity index (χ3n) is 3.85. The topological polar surface area (TPSA) is 26.0 Å². The monoisotopic (exact) mass is 217 g/mol. The Morgan fingerprint density at radius 2 is 2.06 bits per heavy atom. The minimum absolute atomic E-state index is 0.0377. The van der Waals surface area contributed by atoms with E-state index in [9.17, 15) is 0 Å². The molecule has 1 aliphatic rings. The van der Waals surface area contributed by atoms with Crippen molar-refractivity contribution < 1.29 is 0 Å². The van der Waals surface area contributed by atoms with E-state index in [0.717, 1.165) is 12.8 Å².